The van der Waals surface area contributed by atoms with Crippen LogP contribution in [-0.4, -0.2) is 65.3 Å². The summed E-state index contributed by atoms with van der Waals surface area (Å²) < 4.78 is 40.4. The summed E-state index contributed by atoms with van der Waals surface area (Å²) in [6, 6.07) is -1.51. The van der Waals surface area contributed by atoms with Crippen LogP contribution in [0.3, 0.4) is 0 Å². The molecule has 128 valence electrons. The van der Waals surface area contributed by atoms with Crippen LogP contribution in [-0.2, 0) is 21.1 Å². The van der Waals surface area contributed by atoms with Crippen molar-refractivity contribution in [2.75, 3.05) is 20.1 Å². The Morgan fingerprint density at radius 3 is 2.91 bits per heavy atom. The van der Waals surface area contributed by atoms with Crippen LogP contribution < -0.4 is 5.32 Å². The van der Waals surface area contributed by atoms with E-state index in [0.29, 0.717) is 42.7 Å². The first-order valence-corrected chi connectivity index (χ1v) is 8.49. The molecule has 0 spiro atoms. The average Bonchev–Trinajstić information content (AvgIpc) is 3.04. The van der Waals surface area contributed by atoms with Gasteiger partial charge >= 0.3 is 16.4 Å². The quantitative estimate of drug-likeness (QED) is 0.652. The largest absolute Gasteiger partial charge is 0.423 e. The van der Waals surface area contributed by atoms with Gasteiger partial charge in [0.2, 0.25) is 11.8 Å². The molecule has 1 aromatic rings. The number of piperidine rings is 1. The molecule has 2 aliphatic heterocycles. The Balaban J connectivity index is 1.74. The van der Waals surface area contributed by atoms with Crippen LogP contribution in [0.1, 0.15) is 30.7 Å². The standard InChI is InChI=1S/C11H17N5O6S/c1-12-5-4-9-13-14-10(21-9)8-3-2-7-6-15(8)11(17)16(7)22-23(18,19)20/h7-8,12H,2-6H2,1H3,(H,18,19,20)/t7-,8-/m0/s1. The number of carbonyl (C=O) groups excluding carboxylic acids is 1. The van der Waals surface area contributed by atoms with Gasteiger partial charge in [0, 0.05) is 19.5 Å². The van der Waals surface area contributed by atoms with E-state index in [9.17, 15) is 13.2 Å². The Morgan fingerprint density at radius 1 is 1.43 bits per heavy atom. The van der Waals surface area contributed by atoms with Gasteiger partial charge in [0.05, 0.1) is 6.04 Å². The highest BCUT2D eigenvalue weighted by Gasteiger charge is 2.49. The predicted molar refractivity (Wildman–Crippen MR) is 74.3 cm³/mol. The molecular weight excluding hydrogens is 330 g/mol. The third kappa shape index (κ3) is 3.29. The first-order valence-electron chi connectivity index (χ1n) is 7.13. The maximum Gasteiger partial charge on any atom is 0.418 e. The molecule has 0 aliphatic carbocycles. The van der Waals surface area contributed by atoms with E-state index in [-0.39, 0.29) is 6.54 Å². The lowest BCUT2D eigenvalue weighted by Gasteiger charge is -2.27. The van der Waals surface area contributed by atoms with E-state index in [0.717, 1.165) is 0 Å². The number of fused-ring (bicyclic) bond motifs is 2. The number of carbonyl (C=O) groups is 1. The van der Waals surface area contributed by atoms with Gasteiger partial charge in [-0.1, -0.05) is 0 Å². The molecule has 23 heavy (non-hydrogen) atoms. The molecule has 2 aliphatic rings. The zero-order valence-corrected chi connectivity index (χ0v) is 13.2. The number of urea groups is 1. The molecule has 12 heteroatoms. The van der Waals surface area contributed by atoms with Crippen molar-refractivity contribution in [1.82, 2.24) is 25.5 Å². The van der Waals surface area contributed by atoms with Crippen molar-refractivity contribution in [2.24, 2.45) is 0 Å². The average molecular weight is 347 g/mol. The molecule has 2 bridgehead atoms. The van der Waals surface area contributed by atoms with E-state index >= 15 is 0 Å². The fourth-order valence-electron chi connectivity index (χ4n) is 2.82. The maximum absolute atomic E-state index is 12.3. The second kappa shape index (κ2) is 6.03. The van der Waals surface area contributed by atoms with Gasteiger partial charge in [0.15, 0.2) is 0 Å². The van der Waals surface area contributed by atoms with Crippen LogP contribution >= 0.6 is 0 Å². The van der Waals surface area contributed by atoms with Crippen LogP contribution in [0.25, 0.3) is 0 Å². The van der Waals surface area contributed by atoms with Crippen molar-refractivity contribution < 1.29 is 26.5 Å². The zero-order chi connectivity index (χ0) is 16.6. The predicted octanol–water partition coefficient (Wildman–Crippen LogP) is -0.493. The van der Waals surface area contributed by atoms with Crippen molar-refractivity contribution >= 4 is 16.4 Å². The number of nitrogens with one attached hydrogen (secondary N) is 1. The maximum atomic E-state index is 12.3. The molecule has 11 nitrogen and oxygen atoms in total. The fraction of sp³-hybridized carbons (Fsp3) is 0.727. The number of rotatable bonds is 6. The number of hydrogen-bond acceptors (Lipinski definition) is 8. The van der Waals surface area contributed by atoms with Crippen LogP contribution in [0.5, 0.6) is 0 Å². The lowest BCUT2D eigenvalue weighted by atomic mass is 10.0. The van der Waals surface area contributed by atoms with E-state index in [1.165, 1.54) is 4.90 Å². The van der Waals surface area contributed by atoms with Crippen LogP contribution in [0.2, 0.25) is 0 Å². The van der Waals surface area contributed by atoms with Crippen molar-refractivity contribution in [3.8, 4) is 0 Å². The van der Waals surface area contributed by atoms with Crippen molar-refractivity contribution in [2.45, 2.75) is 31.3 Å². The number of amides is 2. The Morgan fingerprint density at radius 2 is 2.22 bits per heavy atom. The fourth-order valence-corrected chi connectivity index (χ4v) is 3.21. The van der Waals surface area contributed by atoms with Gasteiger partial charge in [-0.3, -0.25) is 4.55 Å². The number of likely N-dealkylation sites (N-methyl/N-ethyl adjacent to an activating group) is 1. The molecule has 2 saturated heterocycles. The second-order valence-corrected chi connectivity index (χ2v) is 6.40. The van der Waals surface area contributed by atoms with Crippen molar-refractivity contribution in [3.05, 3.63) is 11.8 Å². The normalized spacial score (nSPS) is 24.5. The molecule has 2 amide bonds. The Labute approximate surface area is 132 Å². The third-order valence-corrected chi connectivity index (χ3v) is 4.20. The summed E-state index contributed by atoms with van der Waals surface area (Å²) in [7, 11) is -2.94. The molecule has 3 heterocycles. The Hall–Kier alpha value is -1.76. The minimum absolute atomic E-state index is 0.271. The Kier molecular flexibility index (Phi) is 4.23. The van der Waals surface area contributed by atoms with E-state index in [4.69, 9.17) is 8.97 Å². The van der Waals surface area contributed by atoms with E-state index in [1.807, 2.05) is 7.05 Å². The van der Waals surface area contributed by atoms with Crippen molar-refractivity contribution in [3.63, 3.8) is 0 Å². The smallest absolute Gasteiger partial charge is 0.418 e. The first-order chi connectivity index (χ1) is 10.9. The monoisotopic (exact) mass is 347 g/mol. The lowest BCUT2D eigenvalue weighted by Crippen LogP contribution is -2.35. The summed E-state index contributed by atoms with van der Waals surface area (Å²) in [4.78, 5) is 13.7. The van der Waals surface area contributed by atoms with E-state index in [2.05, 4.69) is 19.8 Å². The highest BCUT2D eigenvalue weighted by atomic mass is 32.3. The topological polar surface area (TPSA) is 138 Å². The summed E-state index contributed by atoms with van der Waals surface area (Å²) in [6.45, 7) is 0.959. The number of hydrogen-bond donors (Lipinski definition) is 2. The number of aromatic nitrogens is 2. The molecule has 0 saturated carbocycles. The van der Waals surface area contributed by atoms with Gasteiger partial charge in [0.1, 0.15) is 6.04 Å². The molecule has 2 atom stereocenters. The lowest BCUT2D eigenvalue weighted by molar-refractivity contribution is -0.0317. The number of hydroxylamine groups is 2. The Bertz CT molecular complexity index is 691. The van der Waals surface area contributed by atoms with E-state index < -0.39 is 28.5 Å². The second-order valence-electron chi connectivity index (χ2n) is 5.40. The summed E-state index contributed by atoms with van der Waals surface area (Å²) in [6.07, 6.45) is 1.61. The van der Waals surface area contributed by atoms with Crippen molar-refractivity contribution in [1.29, 1.82) is 0 Å². The number of nitrogens with zero attached hydrogens (tertiary/aromatic N) is 4. The summed E-state index contributed by atoms with van der Waals surface area (Å²) >= 11 is 0. The summed E-state index contributed by atoms with van der Waals surface area (Å²) in [5.74, 6) is 0.783. The van der Waals surface area contributed by atoms with Gasteiger partial charge in [-0.05, 0) is 19.9 Å². The first kappa shape index (κ1) is 16.1. The van der Waals surface area contributed by atoms with Crippen LogP contribution in [0.4, 0.5) is 4.79 Å². The highest BCUT2D eigenvalue weighted by Crippen LogP contribution is 2.38. The molecule has 0 radical (unpaired) electrons. The molecule has 0 aromatic carbocycles. The van der Waals surface area contributed by atoms with Gasteiger partial charge in [-0.25, -0.2) is 4.79 Å². The third-order valence-electron chi connectivity index (χ3n) is 3.85. The minimum atomic E-state index is -4.75. The molecule has 1 aromatic heterocycles. The zero-order valence-electron chi connectivity index (χ0n) is 12.4. The molecule has 2 N–H and O–H groups in total. The van der Waals surface area contributed by atoms with Gasteiger partial charge < -0.3 is 14.6 Å². The molecule has 2 fully saturated rings. The SMILES string of the molecule is CNCCc1nnc([C@@H]2CC[C@H]3CN2C(=O)N3OS(=O)(=O)O)o1. The molecule has 0 unspecified atom stereocenters. The highest BCUT2D eigenvalue weighted by molar-refractivity contribution is 7.80. The van der Waals surface area contributed by atoms with Gasteiger partial charge in [-0.2, -0.15) is 13.5 Å². The van der Waals surface area contributed by atoms with E-state index in [1.54, 1.807) is 0 Å². The van der Waals surface area contributed by atoms with Crippen LogP contribution in [0, 0.1) is 0 Å². The van der Waals surface area contributed by atoms with Gasteiger partial charge in [-0.15, -0.1) is 14.5 Å². The van der Waals surface area contributed by atoms with Crippen LogP contribution in [0.15, 0.2) is 4.42 Å². The minimum Gasteiger partial charge on any atom is -0.423 e. The molecule has 3 rings (SSSR count). The summed E-state index contributed by atoms with van der Waals surface area (Å²) in [5.41, 5.74) is 0. The summed E-state index contributed by atoms with van der Waals surface area (Å²) in [5, 5.41) is 11.6. The van der Waals surface area contributed by atoms with Gasteiger partial charge in [0.25, 0.3) is 0 Å². The molecular formula is C11H17N5O6S.